The molecule has 3 N–H and O–H groups in total. The minimum absolute atomic E-state index is 0.148. The van der Waals surface area contributed by atoms with E-state index in [9.17, 15) is 4.79 Å². The van der Waals surface area contributed by atoms with E-state index in [0.29, 0.717) is 19.8 Å². The van der Waals surface area contributed by atoms with E-state index in [-0.39, 0.29) is 6.10 Å². The summed E-state index contributed by atoms with van der Waals surface area (Å²) in [5.74, 6) is 0.266. The van der Waals surface area contributed by atoms with Crippen molar-refractivity contribution in [2.75, 3.05) is 18.5 Å². The molecule has 25 heavy (non-hydrogen) atoms. The highest BCUT2D eigenvalue weighted by molar-refractivity contribution is 5.90. The Bertz CT molecular complexity index is 757. The van der Waals surface area contributed by atoms with E-state index >= 15 is 0 Å². The van der Waals surface area contributed by atoms with Crippen molar-refractivity contribution in [2.24, 2.45) is 0 Å². The van der Waals surface area contributed by atoms with E-state index < -0.39 is 5.91 Å². The van der Waals surface area contributed by atoms with Gasteiger partial charge in [-0.25, -0.2) is 5.48 Å². The maximum absolute atomic E-state index is 11.0. The molecule has 0 bridgehead atoms. The fourth-order valence-electron chi connectivity index (χ4n) is 2.37. The molecule has 0 aromatic heterocycles. The highest BCUT2D eigenvalue weighted by Crippen LogP contribution is 2.21. The molecule has 1 fully saturated rings. The summed E-state index contributed by atoms with van der Waals surface area (Å²) < 4.78 is 10.9. The third-order valence-electron chi connectivity index (χ3n) is 3.73. The normalized spacial score (nSPS) is 14.1. The summed E-state index contributed by atoms with van der Waals surface area (Å²) in [7, 11) is 0. The number of nitrogens with one attached hydrogen (secondary N) is 2. The van der Waals surface area contributed by atoms with E-state index in [2.05, 4.69) is 5.32 Å². The van der Waals surface area contributed by atoms with Crippen LogP contribution >= 0.6 is 0 Å². The Morgan fingerprint density at radius 3 is 2.84 bits per heavy atom. The Labute approximate surface area is 146 Å². The second-order valence-electron chi connectivity index (χ2n) is 5.71. The second kappa shape index (κ2) is 8.32. The molecule has 0 saturated carbocycles. The molecule has 1 saturated heterocycles. The van der Waals surface area contributed by atoms with E-state index in [1.807, 2.05) is 48.5 Å². The van der Waals surface area contributed by atoms with Gasteiger partial charge in [-0.2, -0.15) is 0 Å². The smallest absolute Gasteiger partial charge is 0.267 e. The number of carbonyl (C=O) groups is 1. The molecule has 1 aliphatic rings. The number of hydroxylamine groups is 1. The number of benzene rings is 2. The van der Waals surface area contributed by atoms with Crippen molar-refractivity contribution in [3.63, 3.8) is 0 Å². The van der Waals surface area contributed by atoms with E-state index in [4.69, 9.17) is 14.7 Å². The highest BCUT2D eigenvalue weighted by Gasteiger charge is 2.19. The summed E-state index contributed by atoms with van der Waals surface area (Å²) in [5, 5.41) is 11.9. The van der Waals surface area contributed by atoms with Crippen molar-refractivity contribution in [1.82, 2.24) is 5.48 Å². The largest absolute Gasteiger partial charge is 0.486 e. The van der Waals surface area contributed by atoms with Crippen LogP contribution in [0.2, 0.25) is 0 Å². The first-order valence-corrected chi connectivity index (χ1v) is 8.02. The quantitative estimate of drug-likeness (QED) is 0.410. The zero-order valence-corrected chi connectivity index (χ0v) is 13.6. The molecular weight excluding hydrogens is 320 g/mol. The number of hydrogen-bond donors (Lipinski definition) is 3. The van der Waals surface area contributed by atoms with Gasteiger partial charge in [-0.05, 0) is 35.4 Å². The van der Waals surface area contributed by atoms with Gasteiger partial charge in [0.1, 0.15) is 11.9 Å². The summed E-state index contributed by atoms with van der Waals surface area (Å²) in [6.07, 6.45) is 3.07. The average molecular weight is 340 g/mol. The number of anilines is 1. The third-order valence-corrected chi connectivity index (χ3v) is 3.73. The highest BCUT2D eigenvalue weighted by atomic mass is 16.6. The lowest BCUT2D eigenvalue weighted by Crippen LogP contribution is -2.38. The summed E-state index contributed by atoms with van der Waals surface area (Å²) >= 11 is 0. The summed E-state index contributed by atoms with van der Waals surface area (Å²) in [4.78, 5) is 11.0. The maximum atomic E-state index is 11.0. The molecule has 0 unspecified atom stereocenters. The van der Waals surface area contributed by atoms with Crippen LogP contribution in [0.1, 0.15) is 11.1 Å². The van der Waals surface area contributed by atoms with E-state index in [0.717, 1.165) is 22.6 Å². The van der Waals surface area contributed by atoms with Crippen LogP contribution < -0.4 is 15.5 Å². The molecule has 0 spiro atoms. The van der Waals surface area contributed by atoms with Crippen molar-refractivity contribution in [3.05, 3.63) is 65.7 Å². The number of carbonyl (C=O) groups excluding carboxylic acids is 1. The number of ether oxygens (including phenoxy) is 2. The van der Waals surface area contributed by atoms with Crippen LogP contribution in [0, 0.1) is 0 Å². The lowest BCUT2D eigenvalue weighted by Gasteiger charge is -2.26. The molecule has 2 aromatic rings. The Morgan fingerprint density at radius 2 is 2.08 bits per heavy atom. The van der Waals surface area contributed by atoms with Gasteiger partial charge >= 0.3 is 0 Å². The van der Waals surface area contributed by atoms with Gasteiger partial charge in [-0.15, -0.1) is 0 Å². The van der Waals surface area contributed by atoms with Gasteiger partial charge < -0.3 is 14.8 Å². The van der Waals surface area contributed by atoms with Gasteiger partial charge in [0.05, 0.1) is 13.2 Å². The number of rotatable bonds is 7. The van der Waals surface area contributed by atoms with Gasteiger partial charge in [0, 0.05) is 24.4 Å². The molecule has 1 amide bonds. The second-order valence-corrected chi connectivity index (χ2v) is 5.71. The van der Waals surface area contributed by atoms with Crippen molar-refractivity contribution in [3.8, 4) is 5.75 Å². The monoisotopic (exact) mass is 340 g/mol. The standard InChI is InChI=1S/C19H20N2O4/c22-19(21-23)8-7-14-3-1-4-15(9-14)11-20-16-5-2-6-17(10-16)25-18-12-24-13-18/h1-10,18,20,23H,11-13H2,(H,21,22)/b8-7+. The van der Waals surface area contributed by atoms with Crippen molar-refractivity contribution in [2.45, 2.75) is 12.6 Å². The molecule has 2 aromatic carbocycles. The van der Waals surface area contributed by atoms with Gasteiger partial charge in [-0.3, -0.25) is 10.0 Å². The first-order valence-electron chi connectivity index (χ1n) is 8.02. The molecule has 0 radical (unpaired) electrons. The van der Waals surface area contributed by atoms with E-state index in [1.165, 1.54) is 6.08 Å². The maximum Gasteiger partial charge on any atom is 0.267 e. The number of hydrogen-bond acceptors (Lipinski definition) is 5. The van der Waals surface area contributed by atoms with Crippen LogP contribution in [-0.4, -0.2) is 30.4 Å². The van der Waals surface area contributed by atoms with Crippen LogP contribution in [0.5, 0.6) is 5.75 Å². The SMILES string of the molecule is O=C(/C=C/c1cccc(CNc2cccc(OC3COC3)c2)c1)NO. The predicted molar refractivity (Wildman–Crippen MR) is 94.4 cm³/mol. The Hall–Kier alpha value is -2.83. The first-order chi connectivity index (χ1) is 12.2. The minimum atomic E-state index is -0.558. The van der Waals surface area contributed by atoms with Gasteiger partial charge in [0.2, 0.25) is 0 Å². The molecule has 0 aliphatic carbocycles. The summed E-state index contributed by atoms with van der Waals surface area (Å²) in [6.45, 7) is 1.93. The fourth-order valence-corrected chi connectivity index (χ4v) is 2.37. The molecule has 1 heterocycles. The minimum Gasteiger partial charge on any atom is -0.486 e. The Kier molecular flexibility index (Phi) is 5.66. The fraction of sp³-hybridized carbons (Fsp3) is 0.211. The zero-order valence-electron chi connectivity index (χ0n) is 13.6. The van der Waals surface area contributed by atoms with Crippen molar-refractivity contribution >= 4 is 17.7 Å². The molecule has 6 heteroatoms. The third kappa shape index (κ3) is 5.07. The summed E-state index contributed by atoms with van der Waals surface area (Å²) in [5.41, 5.74) is 4.49. The lowest BCUT2D eigenvalue weighted by atomic mass is 10.1. The topological polar surface area (TPSA) is 79.8 Å². The molecule has 0 atom stereocenters. The zero-order chi connectivity index (χ0) is 17.5. The van der Waals surface area contributed by atoms with Crippen molar-refractivity contribution < 1.29 is 19.5 Å². The Balaban J connectivity index is 1.58. The Morgan fingerprint density at radius 1 is 1.24 bits per heavy atom. The van der Waals surface area contributed by atoms with Crippen LogP contribution in [0.4, 0.5) is 5.69 Å². The summed E-state index contributed by atoms with van der Waals surface area (Å²) in [6, 6.07) is 15.6. The average Bonchev–Trinajstić information content (AvgIpc) is 2.62. The van der Waals surface area contributed by atoms with Crippen LogP contribution in [0.25, 0.3) is 6.08 Å². The molecule has 1 aliphatic heterocycles. The molecular formula is C19H20N2O4. The molecule has 6 nitrogen and oxygen atoms in total. The van der Waals surface area contributed by atoms with Crippen molar-refractivity contribution in [1.29, 1.82) is 0 Å². The van der Waals surface area contributed by atoms with Gasteiger partial charge in [0.25, 0.3) is 5.91 Å². The van der Waals surface area contributed by atoms with Crippen LogP contribution in [-0.2, 0) is 16.1 Å². The van der Waals surface area contributed by atoms with Gasteiger partial charge in [-0.1, -0.05) is 24.3 Å². The van der Waals surface area contributed by atoms with Crippen LogP contribution in [0.3, 0.4) is 0 Å². The molecule has 130 valence electrons. The first kappa shape index (κ1) is 17.0. The number of amides is 1. The van der Waals surface area contributed by atoms with Crippen LogP contribution in [0.15, 0.2) is 54.6 Å². The predicted octanol–water partition coefficient (Wildman–Crippen LogP) is 2.59. The molecule has 3 rings (SSSR count). The van der Waals surface area contributed by atoms with Gasteiger partial charge in [0.15, 0.2) is 0 Å². The lowest BCUT2D eigenvalue weighted by molar-refractivity contribution is -0.124. The van der Waals surface area contributed by atoms with E-state index in [1.54, 1.807) is 11.6 Å².